The Morgan fingerprint density at radius 1 is 1.32 bits per heavy atom. The number of aryl methyl sites for hydroxylation is 1. The average Bonchev–Trinajstić information content (AvgIpc) is 2.73. The second kappa shape index (κ2) is 6.06. The van der Waals surface area contributed by atoms with Crippen LogP contribution in [0.4, 0.5) is 0 Å². The van der Waals surface area contributed by atoms with E-state index in [1.165, 1.54) is 11.1 Å². The number of rotatable bonds is 5. The molecule has 0 amide bonds. The van der Waals surface area contributed by atoms with Gasteiger partial charge in [-0.2, -0.15) is 0 Å². The van der Waals surface area contributed by atoms with Crippen molar-refractivity contribution in [2.75, 3.05) is 18.6 Å². The van der Waals surface area contributed by atoms with Crippen LogP contribution in [0.15, 0.2) is 24.3 Å². The summed E-state index contributed by atoms with van der Waals surface area (Å²) in [7, 11) is -0.903. The predicted molar refractivity (Wildman–Crippen MR) is 79.0 cm³/mol. The van der Waals surface area contributed by atoms with E-state index >= 15 is 0 Å². The molecule has 2 unspecified atom stereocenters. The van der Waals surface area contributed by atoms with Crippen LogP contribution in [0.3, 0.4) is 0 Å². The van der Waals surface area contributed by atoms with Crippen LogP contribution >= 0.6 is 0 Å². The molecule has 3 nitrogen and oxygen atoms in total. The van der Waals surface area contributed by atoms with Gasteiger partial charge in [0.15, 0.2) is 9.84 Å². The number of sulfone groups is 1. The Morgan fingerprint density at radius 3 is 2.47 bits per heavy atom. The molecule has 0 bridgehead atoms. The Bertz CT molecular complexity index is 507. The lowest BCUT2D eigenvalue weighted by Gasteiger charge is -2.22. The maximum absolute atomic E-state index is 11.6. The summed E-state index contributed by atoms with van der Waals surface area (Å²) in [5.74, 6) is 0.853. The number of benzene rings is 1. The predicted octanol–water partition coefficient (Wildman–Crippen LogP) is 2.33. The van der Waals surface area contributed by atoms with Gasteiger partial charge in [0.05, 0.1) is 11.5 Å². The SMILES string of the molecule is CCCc1ccc(C(NC)C2CCS(=O)(=O)C2)cc1. The maximum Gasteiger partial charge on any atom is 0.150 e. The lowest BCUT2D eigenvalue weighted by molar-refractivity contribution is 0.418. The van der Waals surface area contributed by atoms with Crippen molar-refractivity contribution in [1.82, 2.24) is 5.32 Å². The highest BCUT2D eigenvalue weighted by atomic mass is 32.2. The monoisotopic (exact) mass is 281 g/mol. The summed E-state index contributed by atoms with van der Waals surface area (Å²) >= 11 is 0. The van der Waals surface area contributed by atoms with Gasteiger partial charge in [0.1, 0.15) is 0 Å². The molecule has 0 spiro atoms. The molecular weight excluding hydrogens is 258 g/mol. The normalized spacial score (nSPS) is 23.4. The minimum atomic E-state index is -2.82. The quantitative estimate of drug-likeness (QED) is 0.901. The average molecular weight is 281 g/mol. The highest BCUT2D eigenvalue weighted by molar-refractivity contribution is 7.91. The maximum atomic E-state index is 11.6. The third-order valence-electron chi connectivity index (χ3n) is 3.93. The molecule has 106 valence electrons. The van der Waals surface area contributed by atoms with E-state index in [-0.39, 0.29) is 12.0 Å². The summed E-state index contributed by atoms with van der Waals surface area (Å²) in [6.45, 7) is 2.17. The van der Waals surface area contributed by atoms with Crippen molar-refractivity contribution < 1.29 is 8.42 Å². The standard InChI is InChI=1S/C15H23NO2S/c1-3-4-12-5-7-13(8-6-12)15(16-2)14-9-10-19(17,18)11-14/h5-8,14-16H,3-4,9-11H2,1-2H3. The van der Waals surface area contributed by atoms with Crippen LogP contribution in [-0.4, -0.2) is 27.0 Å². The highest BCUT2D eigenvalue weighted by Gasteiger charge is 2.33. The molecule has 0 radical (unpaired) electrons. The van der Waals surface area contributed by atoms with Crippen LogP contribution in [0.2, 0.25) is 0 Å². The van der Waals surface area contributed by atoms with E-state index in [4.69, 9.17) is 0 Å². The molecule has 1 aliphatic heterocycles. The molecule has 1 fully saturated rings. The van der Waals surface area contributed by atoms with Crippen LogP contribution in [0, 0.1) is 5.92 Å². The summed E-state index contributed by atoms with van der Waals surface area (Å²) in [6, 6.07) is 8.74. The second-order valence-electron chi connectivity index (χ2n) is 5.42. The summed E-state index contributed by atoms with van der Waals surface area (Å²) < 4.78 is 23.2. The molecule has 4 heteroatoms. The molecular formula is C15H23NO2S. The summed E-state index contributed by atoms with van der Waals surface area (Å²) in [6.07, 6.45) is 3.02. The second-order valence-corrected chi connectivity index (χ2v) is 7.65. The fourth-order valence-electron chi connectivity index (χ4n) is 2.94. The Hall–Kier alpha value is -0.870. The van der Waals surface area contributed by atoms with Gasteiger partial charge in [-0.3, -0.25) is 0 Å². The van der Waals surface area contributed by atoms with Gasteiger partial charge >= 0.3 is 0 Å². The molecule has 1 N–H and O–H groups in total. The number of hydrogen-bond acceptors (Lipinski definition) is 3. The van der Waals surface area contributed by atoms with E-state index in [2.05, 4.69) is 36.5 Å². The van der Waals surface area contributed by atoms with Gasteiger partial charge in [-0.05, 0) is 36.9 Å². The van der Waals surface area contributed by atoms with Crippen molar-refractivity contribution in [1.29, 1.82) is 0 Å². The highest BCUT2D eigenvalue weighted by Crippen LogP contribution is 2.31. The van der Waals surface area contributed by atoms with Gasteiger partial charge in [-0.1, -0.05) is 37.6 Å². The van der Waals surface area contributed by atoms with Crippen molar-refractivity contribution in [2.24, 2.45) is 5.92 Å². The van der Waals surface area contributed by atoms with Gasteiger partial charge in [0.2, 0.25) is 0 Å². The topological polar surface area (TPSA) is 46.2 Å². The van der Waals surface area contributed by atoms with Crippen LogP contribution in [-0.2, 0) is 16.3 Å². The molecule has 1 aliphatic rings. The van der Waals surface area contributed by atoms with E-state index in [1.54, 1.807) is 0 Å². The summed E-state index contributed by atoms with van der Waals surface area (Å²) in [5, 5.41) is 3.29. The lowest BCUT2D eigenvalue weighted by atomic mass is 9.92. The van der Waals surface area contributed by atoms with Gasteiger partial charge in [-0.15, -0.1) is 0 Å². The number of nitrogens with one attached hydrogen (secondary N) is 1. The van der Waals surface area contributed by atoms with Crippen LogP contribution in [0.5, 0.6) is 0 Å². The first-order valence-corrected chi connectivity index (χ1v) is 8.84. The first-order chi connectivity index (χ1) is 9.05. The Morgan fingerprint density at radius 2 is 2.00 bits per heavy atom. The molecule has 0 saturated carbocycles. The fourth-order valence-corrected chi connectivity index (χ4v) is 4.78. The van der Waals surface area contributed by atoms with E-state index in [0.717, 1.165) is 19.3 Å². The third kappa shape index (κ3) is 3.57. The molecule has 2 rings (SSSR count). The van der Waals surface area contributed by atoms with Gasteiger partial charge < -0.3 is 5.32 Å². The smallest absolute Gasteiger partial charge is 0.150 e. The zero-order valence-electron chi connectivity index (χ0n) is 11.7. The van der Waals surface area contributed by atoms with Crippen molar-refractivity contribution in [2.45, 2.75) is 32.2 Å². The summed E-state index contributed by atoms with van der Waals surface area (Å²) in [5.41, 5.74) is 2.55. The van der Waals surface area contributed by atoms with E-state index in [9.17, 15) is 8.42 Å². The van der Waals surface area contributed by atoms with Crippen LogP contribution < -0.4 is 5.32 Å². The minimum absolute atomic E-state index is 0.146. The van der Waals surface area contributed by atoms with Crippen molar-refractivity contribution in [3.63, 3.8) is 0 Å². The molecule has 2 atom stereocenters. The van der Waals surface area contributed by atoms with E-state index in [1.807, 2.05) is 7.05 Å². The van der Waals surface area contributed by atoms with Crippen molar-refractivity contribution in [3.8, 4) is 0 Å². The molecule has 19 heavy (non-hydrogen) atoms. The first-order valence-electron chi connectivity index (χ1n) is 7.02. The fraction of sp³-hybridized carbons (Fsp3) is 0.600. The van der Waals surface area contributed by atoms with Crippen LogP contribution in [0.1, 0.15) is 36.9 Å². The third-order valence-corrected chi connectivity index (χ3v) is 5.72. The molecule has 1 saturated heterocycles. The Labute approximate surface area is 116 Å². The van der Waals surface area contributed by atoms with Gasteiger partial charge in [-0.25, -0.2) is 8.42 Å². The molecule has 0 aromatic heterocycles. The van der Waals surface area contributed by atoms with Crippen molar-refractivity contribution >= 4 is 9.84 Å². The number of hydrogen-bond donors (Lipinski definition) is 1. The lowest BCUT2D eigenvalue weighted by Crippen LogP contribution is -2.26. The first kappa shape index (κ1) is 14.5. The van der Waals surface area contributed by atoms with Gasteiger partial charge in [0, 0.05) is 6.04 Å². The largest absolute Gasteiger partial charge is 0.313 e. The Balaban J connectivity index is 2.13. The minimum Gasteiger partial charge on any atom is -0.313 e. The molecule has 1 aromatic carbocycles. The van der Waals surface area contributed by atoms with Crippen LogP contribution in [0.25, 0.3) is 0 Å². The van der Waals surface area contributed by atoms with Crippen molar-refractivity contribution in [3.05, 3.63) is 35.4 Å². The molecule has 1 heterocycles. The molecule has 1 aromatic rings. The van der Waals surface area contributed by atoms with E-state index in [0.29, 0.717) is 11.5 Å². The van der Waals surface area contributed by atoms with E-state index < -0.39 is 9.84 Å². The Kier molecular flexibility index (Phi) is 4.63. The van der Waals surface area contributed by atoms with Gasteiger partial charge in [0.25, 0.3) is 0 Å². The molecule has 0 aliphatic carbocycles. The zero-order chi connectivity index (χ0) is 13.9. The summed E-state index contributed by atoms with van der Waals surface area (Å²) in [4.78, 5) is 0. The zero-order valence-corrected chi connectivity index (χ0v) is 12.5.